The lowest BCUT2D eigenvalue weighted by Gasteiger charge is -2.08. The monoisotopic (exact) mass is 327 g/mol. The van der Waals surface area contributed by atoms with Gasteiger partial charge >= 0.3 is 11.9 Å². The van der Waals surface area contributed by atoms with Gasteiger partial charge in [0.1, 0.15) is 0 Å². The number of nitrogens with zero attached hydrogens (tertiary/aromatic N) is 1. The predicted molar refractivity (Wildman–Crippen MR) is 87.4 cm³/mol. The van der Waals surface area contributed by atoms with E-state index in [0.29, 0.717) is 22.2 Å². The largest absolute Gasteiger partial charge is 0.466 e. The maximum absolute atomic E-state index is 12.3. The summed E-state index contributed by atoms with van der Waals surface area (Å²) < 4.78 is 9.50. The Morgan fingerprint density at radius 2 is 2.00 bits per heavy atom. The zero-order valence-corrected chi connectivity index (χ0v) is 13.1. The zero-order valence-electron chi connectivity index (χ0n) is 12.3. The minimum Gasteiger partial charge on any atom is -0.466 e. The molecule has 23 heavy (non-hydrogen) atoms. The fraction of sp³-hybridized carbons (Fsp3) is 0.118. The van der Waals surface area contributed by atoms with Crippen molar-refractivity contribution in [1.29, 1.82) is 0 Å². The highest BCUT2D eigenvalue weighted by Gasteiger charge is 2.16. The maximum atomic E-state index is 12.3. The van der Waals surface area contributed by atoms with E-state index in [1.54, 1.807) is 12.1 Å². The van der Waals surface area contributed by atoms with Crippen molar-refractivity contribution in [3.8, 4) is 10.6 Å². The minimum absolute atomic E-state index is 0.378. The highest BCUT2D eigenvalue weighted by molar-refractivity contribution is 7.13. The molecule has 0 amide bonds. The number of pyridine rings is 1. The molecule has 2 heterocycles. The fourth-order valence-electron chi connectivity index (χ4n) is 2.16. The van der Waals surface area contributed by atoms with E-state index in [4.69, 9.17) is 4.74 Å². The van der Waals surface area contributed by atoms with Crippen LogP contribution in [0.15, 0.2) is 47.8 Å². The molecule has 1 aromatic carbocycles. The van der Waals surface area contributed by atoms with Crippen LogP contribution in [-0.4, -0.2) is 30.6 Å². The van der Waals surface area contributed by atoms with E-state index in [1.165, 1.54) is 18.4 Å². The number of methoxy groups -OCH3 is 1. The topological polar surface area (TPSA) is 65.5 Å². The summed E-state index contributed by atoms with van der Waals surface area (Å²) >= 11 is 1.54. The summed E-state index contributed by atoms with van der Waals surface area (Å²) in [6.45, 7) is -0.416. The second kappa shape index (κ2) is 6.58. The van der Waals surface area contributed by atoms with Crippen molar-refractivity contribution in [2.75, 3.05) is 13.7 Å². The predicted octanol–water partition coefficient (Wildman–Crippen LogP) is 3.29. The Bertz CT molecular complexity index is 858. The molecule has 2 aromatic heterocycles. The van der Waals surface area contributed by atoms with Crippen molar-refractivity contribution in [2.45, 2.75) is 0 Å². The lowest BCUT2D eigenvalue weighted by Crippen LogP contribution is -2.15. The number of rotatable bonds is 4. The molecule has 0 saturated carbocycles. The number of benzene rings is 1. The number of ether oxygens (including phenoxy) is 2. The second-order valence-electron chi connectivity index (χ2n) is 4.70. The van der Waals surface area contributed by atoms with Crippen molar-refractivity contribution in [3.63, 3.8) is 0 Å². The van der Waals surface area contributed by atoms with Gasteiger partial charge in [-0.05, 0) is 23.6 Å². The van der Waals surface area contributed by atoms with E-state index in [-0.39, 0.29) is 0 Å². The van der Waals surface area contributed by atoms with E-state index in [1.807, 2.05) is 35.7 Å². The number of hydrogen-bond donors (Lipinski definition) is 0. The highest BCUT2D eigenvalue weighted by atomic mass is 32.1. The highest BCUT2D eigenvalue weighted by Crippen LogP contribution is 2.28. The van der Waals surface area contributed by atoms with Gasteiger partial charge in [0.2, 0.25) is 0 Å². The lowest BCUT2D eigenvalue weighted by molar-refractivity contribution is -0.144. The molecule has 0 N–H and O–H groups in total. The van der Waals surface area contributed by atoms with Gasteiger partial charge in [-0.3, -0.25) is 0 Å². The molecular formula is C17H13NO4S. The van der Waals surface area contributed by atoms with Crippen LogP contribution in [-0.2, 0) is 14.3 Å². The first-order valence-corrected chi connectivity index (χ1v) is 7.74. The van der Waals surface area contributed by atoms with Crippen molar-refractivity contribution >= 4 is 34.2 Å². The average molecular weight is 327 g/mol. The normalized spacial score (nSPS) is 10.5. The first kappa shape index (κ1) is 15.2. The van der Waals surface area contributed by atoms with Crippen molar-refractivity contribution < 1.29 is 19.1 Å². The summed E-state index contributed by atoms with van der Waals surface area (Å²) in [5, 5.41) is 2.63. The van der Waals surface area contributed by atoms with Crippen LogP contribution in [0.5, 0.6) is 0 Å². The molecule has 0 atom stereocenters. The third-order valence-electron chi connectivity index (χ3n) is 3.26. The average Bonchev–Trinajstić information content (AvgIpc) is 3.13. The fourth-order valence-corrected chi connectivity index (χ4v) is 2.84. The van der Waals surface area contributed by atoms with Crippen LogP contribution < -0.4 is 0 Å². The number of esters is 2. The number of carbonyl (C=O) groups excluding carboxylic acids is 2. The summed E-state index contributed by atoms with van der Waals surface area (Å²) in [6, 6.07) is 12.9. The number of aromatic nitrogens is 1. The molecule has 0 aliphatic heterocycles. The number of carbonyl (C=O) groups is 2. The number of fused-ring (bicyclic) bond motifs is 1. The molecule has 3 aromatic rings. The quantitative estimate of drug-likeness (QED) is 0.688. The Balaban J connectivity index is 2.03. The van der Waals surface area contributed by atoms with Gasteiger partial charge in [-0.1, -0.05) is 24.3 Å². The Morgan fingerprint density at radius 3 is 2.74 bits per heavy atom. The van der Waals surface area contributed by atoms with Gasteiger partial charge in [-0.2, -0.15) is 0 Å². The molecule has 0 spiro atoms. The third kappa shape index (κ3) is 3.22. The van der Waals surface area contributed by atoms with Crippen LogP contribution in [0, 0.1) is 0 Å². The van der Waals surface area contributed by atoms with E-state index in [0.717, 1.165) is 4.88 Å². The van der Waals surface area contributed by atoms with Crippen LogP contribution >= 0.6 is 11.3 Å². The van der Waals surface area contributed by atoms with Gasteiger partial charge in [0.25, 0.3) is 0 Å². The minimum atomic E-state index is -0.602. The zero-order chi connectivity index (χ0) is 16.2. The molecule has 0 unspecified atom stereocenters. The molecular weight excluding hydrogens is 314 g/mol. The van der Waals surface area contributed by atoms with Crippen molar-refractivity contribution in [1.82, 2.24) is 4.98 Å². The number of thiophene rings is 1. The van der Waals surface area contributed by atoms with Crippen LogP contribution in [0.1, 0.15) is 10.4 Å². The van der Waals surface area contributed by atoms with Crippen LogP contribution in [0.4, 0.5) is 0 Å². The summed E-state index contributed by atoms with van der Waals surface area (Å²) in [7, 11) is 1.24. The first-order chi connectivity index (χ1) is 11.2. The molecule has 0 bridgehead atoms. The van der Waals surface area contributed by atoms with Crippen molar-refractivity contribution in [3.05, 3.63) is 53.4 Å². The van der Waals surface area contributed by atoms with Gasteiger partial charge in [0.05, 0.1) is 28.8 Å². The SMILES string of the molecule is COC(=O)COC(=O)c1cc(-c2cccs2)nc2ccccc12. The number of hydrogen-bond acceptors (Lipinski definition) is 6. The molecule has 0 fully saturated rings. The van der Waals surface area contributed by atoms with Gasteiger partial charge in [-0.25, -0.2) is 14.6 Å². The summed E-state index contributed by atoms with van der Waals surface area (Å²) in [4.78, 5) is 29.0. The Kier molecular flexibility index (Phi) is 4.34. The Morgan fingerprint density at radius 1 is 1.17 bits per heavy atom. The third-order valence-corrected chi connectivity index (χ3v) is 4.15. The molecule has 116 valence electrons. The van der Waals surface area contributed by atoms with Crippen LogP contribution in [0.25, 0.3) is 21.5 Å². The summed E-state index contributed by atoms with van der Waals surface area (Å²) in [5.74, 6) is -1.18. The smallest absolute Gasteiger partial charge is 0.344 e. The number of para-hydroxylation sites is 1. The Labute approximate surface area is 136 Å². The lowest BCUT2D eigenvalue weighted by atomic mass is 10.1. The molecule has 5 nitrogen and oxygen atoms in total. The molecule has 0 aliphatic rings. The maximum Gasteiger partial charge on any atom is 0.344 e. The molecule has 3 rings (SSSR count). The van der Waals surface area contributed by atoms with Gasteiger partial charge in [0.15, 0.2) is 6.61 Å². The second-order valence-corrected chi connectivity index (χ2v) is 5.65. The molecule has 6 heteroatoms. The van der Waals surface area contributed by atoms with E-state index < -0.39 is 18.5 Å². The van der Waals surface area contributed by atoms with Gasteiger partial charge in [0, 0.05) is 5.39 Å². The standard InChI is InChI=1S/C17H13NO4S/c1-21-16(19)10-22-17(20)12-9-14(15-7-4-8-23-15)18-13-6-3-2-5-11(12)13/h2-9H,10H2,1H3. The van der Waals surface area contributed by atoms with Crippen LogP contribution in [0.2, 0.25) is 0 Å². The van der Waals surface area contributed by atoms with Gasteiger partial charge in [-0.15, -0.1) is 11.3 Å². The van der Waals surface area contributed by atoms with E-state index >= 15 is 0 Å². The molecule has 0 aliphatic carbocycles. The summed E-state index contributed by atoms with van der Waals surface area (Å²) in [6.07, 6.45) is 0. The molecule has 0 radical (unpaired) electrons. The van der Waals surface area contributed by atoms with Crippen LogP contribution in [0.3, 0.4) is 0 Å². The van der Waals surface area contributed by atoms with E-state index in [9.17, 15) is 9.59 Å². The summed E-state index contributed by atoms with van der Waals surface area (Å²) in [5.41, 5.74) is 1.77. The first-order valence-electron chi connectivity index (χ1n) is 6.86. The molecule has 0 saturated heterocycles. The van der Waals surface area contributed by atoms with Crippen molar-refractivity contribution in [2.24, 2.45) is 0 Å². The Hall–Kier alpha value is -2.73. The van der Waals surface area contributed by atoms with Gasteiger partial charge < -0.3 is 9.47 Å². The van der Waals surface area contributed by atoms with E-state index in [2.05, 4.69) is 9.72 Å².